The molecule has 0 bridgehead atoms. The third kappa shape index (κ3) is 3.58. The van der Waals surface area contributed by atoms with Gasteiger partial charge in [0, 0.05) is 31.7 Å². The van der Waals surface area contributed by atoms with Crippen LogP contribution >= 0.6 is 0 Å². The molecule has 114 valence electrons. The number of ether oxygens (including phenoxy) is 1. The minimum Gasteiger partial charge on any atom is -0.468 e. The summed E-state index contributed by atoms with van der Waals surface area (Å²) in [6.07, 6.45) is 0. The van der Waals surface area contributed by atoms with Crippen molar-refractivity contribution in [3.8, 4) is 0 Å². The molecule has 1 fully saturated rings. The monoisotopic (exact) mass is 294 g/mol. The second-order valence-electron chi connectivity index (χ2n) is 5.04. The van der Waals surface area contributed by atoms with E-state index in [0.717, 1.165) is 0 Å². The summed E-state index contributed by atoms with van der Waals surface area (Å²) in [5.74, 6) is -0.876. The molecule has 1 amide bonds. The molecule has 0 saturated carbocycles. The minimum absolute atomic E-state index is 0.181. The molecule has 0 radical (unpaired) electrons. The lowest BCUT2D eigenvalue weighted by atomic mass is 10.1. The molecule has 1 aliphatic rings. The number of piperazine rings is 1. The molecule has 1 aliphatic heterocycles. The molecule has 0 N–H and O–H groups in total. The minimum atomic E-state index is -0.418. The zero-order chi connectivity index (χ0) is 15.4. The number of hydrogen-bond acceptors (Lipinski definition) is 4. The van der Waals surface area contributed by atoms with Gasteiger partial charge < -0.3 is 9.64 Å². The highest BCUT2D eigenvalue weighted by Crippen LogP contribution is 2.12. The van der Waals surface area contributed by atoms with Crippen molar-refractivity contribution in [2.45, 2.75) is 13.0 Å². The summed E-state index contributed by atoms with van der Waals surface area (Å²) in [5, 5.41) is 0. The van der Waals surface area contributed by atoms with Gasteiger partial charge in [-0.25, -0.2) is 4.39 Å². The van der Waals surface area contributed by atoms with E-state index in [4.69, 9.17) is 4.74 Å². The Hall–Kier alpha value is -1.95. The van der Waals surface area contributed by atoms with Crippen LogP contribution in [0.4, 0.5) is 4.39 Å². The third-order valence-corrected chi connectivity index (χ3v) is 3.76. The molecule has 0 unspecified atom stereocenters. The lowest BCUT2D eigenvalue weighted by molar-refractivity contribution is -0.146. The standard InChI is InChI=1S/C15H19FN2O3/c1-11(15(20)21-2)17-6-8-18(9-7-17)14(19)12-4-3-5-13(16)10-12/h3-5,10-11H,6-9H2,1-2H3/t11-/m0/s1. The summed E-state index contributed by atoms with van der Waals surface area (Å²) in [4.78, 5) is 27.4. The van der Waals surface area contributed by atoms with Crippen LogP contribution in [0, 0.1) is 5.82 Å². The van der Waals surface area contributed by atoms with E-state index >= 15 is 0 Å². The second-order valence-corrected chi connectivity index (χ2v) is 5.04. The van der Waals surface area contributed by atoms with Crippen LogP contribution in [0.3, 0.4) is 0 Å². The molecule has 1 atom stereocenters. The van der Waals surface area contributed by atoms with E-state index in [1.165, 1.54) is 25.3 Å². The lowest BCUT2D eigenvalue weighted by Gasteiger charge is -2.37. The topological polar surface area (TPSA) is 49.9 Å². The zero-order valence-electron chi connectivity index (χ0n) is 12.2. The molecule has 0 spiro atoms. The average molecular weight is 294 g/mol. The maximum atomic E-state index is 13.2. The van der Waals surface area contributed by atoms with E-state index in [9.17, 15) is 14.0 Å². The van der Waals surface area contributed by atoms with Gasteiger partial charge in [-0.2, -0.15) is 0 Å². The largest absolute Gasteiger partial charge is 0.468 e. The Morgan fingerprint density at radius 3 is 2.48 bits per heavy atom. The smallest absolute Gasteiger partial charge is 0.322 e. The predicted molar refractivity (Wildman–Crippen MR) is 75.4 cm³/mol. The Balaban J connectivity index is 1.95. The Morgan fingerprint density at radius 1 is 1.24 bits per heavy atom. The van der Waals surface area contributed by atoms with E-state index in [0.29, 0.717) is 31.7 Å². The van der Waals surface area contributed by atoms with Crippen molar-refractivity contribution in [1.82, 2.24) is 9.80 Å². The summed E-state index contributed by atoms with van der Waals surface area (Å²) in [6, 6.07) is 5.37. The van der Waals surface area contributed by atoms with Crippen LogP contribution in [0.5, 0.6) is 0 Å². The van der Waals surface area contributed by atoms with Gasteiger partial charge in [0.25, 0.3) is 5.91 Å². The molecule has 0 aromatic heterocycles. The van der Waals surface area contributed by atoms with Gasteiger partial charge in [-0.3, -0.25) is 14.5 Å². The highest BCUT2D eigenvalue weighted by atomic mass is 19.1. The van der Waals surface area contributed by atoms with E-state index < -0.39 is 5.82 Å². The Bertz CT molecular complexity index is 527. The van der Waals surface area contributed by atoms with E-state index in [1.54, 1.807) is 17.9 Å². The Labute approximate surface area is 123 Å². The summed E-state index contributed by atoms with van der Waals surface area (Å²) in [5.41, 5.74) is 0.351. The summed E-state index contributed by atoms with van der Waals surface area (Å²) < 4.78 is 17.9. The fourth-order valence-corrected chi connectivity index (χ4v) is 2.44. The van der Waals surface area contributed by atoms with Crippen LogP contribution in [0.1, 0.15) is 17.3 Å². The molecular weight excluding hydrogens is 275 g/mol. The van der Waals surface area contributed by atoms with Gasteiger partial charge in [0.05, 0.1) is 7.11 Å². The zero-order valence-corrected chi connectivity index (χ0v) is 12.2. The first-order valence-corrected chi connectivity index (χ1v) is 6.89. The maximum Gasteiger partial charge on any atom is 0.322 e. The van der Waals surface area contributed by atoms with Gasteiger partial charge >= 0.3 is 5.97 Å². The molecule has 1 aromatic rings. The van der Waals surface area contributed by atoms with Crippen molar-refractivity contribution >= 4 is 11.9 Å². The SMILES string of the molecule is COC(=O)[C@H](C)N1CCN(C(=O)c2cccc(F)c2)CC1. The van der Waals surface area contributed by atoms with Gasteiger partial charge in [-0.15, -0.1) is 0 Å². The van der Waals surface area contributed by atoms with Gasteiger partial charge in [0.2, 0.25) is 0 Å². The number of nitrogens with zero attached hydrogens (tertiary/aromatic N) is 2. The van der Waals surface area contributed by atoms with Gasteiger partial charge in [-0.05, 0) is 25.1 Å². The third-order valence-electron chi connectivity index (χ3n) is 3.76. The number of hydrogen-bond donors (Lipinski definition) is 0. The number of carbonyl (C=O) groups is 2. The first kappa shape index (κ1) is 15.4. The lowest BCUT2D eigenvalue weighted by Crippen LogP contribution is -2.53. The predicted octanol–water partition coefficient (Wildman–Crippen LogP) is 1.14. The molecule has 21 heavy (non-hydrogen) atoms. The number of halogens is 1. The average Bonchev–Trinajstić information content (AvgIpc) is 2.53. The van der Waals surface area contributed by atoms with Crippen LogP contribution < -0.4 is 0 Å². The number of methoxy groups -OCH3 is 1. The second kappa shape index (κ2) is 6.67. The summed E-state index contributed by atoms with van der Waals surface area (Å²) in [7, 11) is 1.36. The first-order valence-electron chi connectivity index (χ1n) is 6.89. The highest BCUT2D eigenvalue weighted by Gasteiger charge is 2.28. The first-order chi connectivity index (χ1) is 10.0. The quantitative estimate of drug-likeness (QED) is 0.785. The highest BCUT2D eigenvalue weighted by molar-refractivity contribution is 5.94. The van der Waals surface area contributed by atoms with E-state index in [1.807, 2.05) is 4.90 Å². The van der Waals surface area contributed by atoms with Crippen molar-refractivity contribution in [1.29, 1.82) is 0 Å². The van der Waals surface area contributed by atoms with Crippen molar-refractivity contribution in [3.05, 3.63) is 35.6 Å². The van der Waals surface area contributed by atoms with Crippen molar-refractivity contribution in [2.75, 3.05) is 33.3 Å². The van der Waals surface area contributed by atoms with Crippen molar-refractivity contribution < 1.29 is 18.7 Å². The van der Waals surface area contributed by atoms with Gasteiger partial charge in [-0.1, -0.05) is 6.07 Å². The van der Waals surface area contributed by atoms with Crippen LogP contribution in [0.25, 0.3) is 0 Å². The normalized spacial score (nSPS) is 17.4. The van der Waals surface area contributed by atoms with Crippen LogP contribution in [-0.4, -0.2) is 61.0 Å². The number of rotatable bonds is 3. The molecule has 0 aliphatic carbocycles. The van der Waals surface area contributed by atoms with Gasteiger partial charge in [0.15, 0.2) is 0 Å². The number of carbonyl (C=O) groups excluding carboxylic acids is 2. The van der Waals surface area contributed by atoms with Crippen LogP contribution in [0.2, 0.25) is 0 Å². The van der Waals surface area contributed by atoms with Crippen molar-refractivity contribution in [3.63, 3.8) is 0 Å². The van der Waals surface area contributed by atoms with E-state index in [2.05, 4.69) is 0 Å². The molecule has 1 heterocycles. The molecule has 6 heteroatoms. The molecular formula is C15H19FN2O3. The van der Waals surface area contributed by atoms with Crippen LogP contribution in [-0.2, 0) is 9.53 Å². The number of esters is 1. The molecule has 5 nitrogen and oxygen atoms in total. The Kier molecular flexibility index (Phi) is 4.90. The fraction of sp³-hybridized carbons (Fsp3) is 0.467. The molecule has 2 rings (SSSR count). The number of amides is 1. The maximum absolute atomic E-state index is 13.2. The van der Waals surface area contributed by atoms with Crippen molar-refractivity contribution in [2.24, 2.45) is 0 Å². The number of benzene rings is 1. The van der Waals surface area contributed by atoms with Crippen LogP contribution in [0.15, 0.2) is 24.3 Å². The Morgan fingerprint density at radius 2 is 1.90 bits per heavy atom. The summed E-state index contributed by atoms with van der Waals surface area (Å²) in [6.45, 7) is 4.00. The van der Waals surface area contributed by atoms with E-state index in [-0.39, 0.29) is 17.9 Å². The molecule has 1 aromatic carbocycles. The fourth-order valence-electron chi connectivity index (χ4n) is 2.44. The van der Waals surface area contributed by atoms with Gasteiger partial charge in [0.1, 0.15) is 11.9 Å². The summed E-state index contributed by atoms with van der Waals surface area (Å²) >= 11 is 0. The molecule has 1 saturated heterocycles.